The van der Waals surface area contributed by atoms with Crippen molar-refractivity contribution in [1.29, 1.82) is 0 Å². The molecule has 1 aliphatic heterocycles. The Morgan fingerprint density at radius 1 is 0.677 bits per heavy atom. The quantitative estimate of drug-likeness (QED) is 0.0332. The lowest BCUT2D eigenvalue weighted by Crippen LogP contribution is -2.58. The monoisotopic (exact) mass is 945 g/mol. The molecule has 26 heteroatoms. The molecule has 10 amide bonds. The van der Waals surface area contributed by atoms with Crippen LogP contribution in [0.5, 0.6) is 0 Å². The number of nitrogens with two attached hydrogens (primary N) is 1. The minimum absolute atomic E-state index is 0.0694. The topological polar surface area (TPSA) is 386 Å². The van der Waals surface area contributed by atoms with Crippen molar-refractivity contribution in [2.24, 2.45) is 17.6 Å². The fourth-order valence-electron chi connectivity index (χ4n) is 6.13. The van der Waals surface area contributed by atoms with Gasteiger partial charge >= 0.3 is 5.97 Å². The molecule has 8 unspecified atom stereocenters. The van der Waals surface area contributed by atoms with E-state index in [1.165, 1.54) is 18.7 Å². The van der Waals surface area contributed by atoms with Crippen molar-refractivity contribution in [3.63, 3.8) is 0 Å². The van der Waals surface area contributed by atoms with E-state index in [1.807, 2.05) is 13.8 Å². The Balaban J connectivity index is 2.73. The molecular formula is C39H67N11O14S. The maximum atomic E-state index is 13.4. The Morgan fingerprint density at radius 3 is 1.80 bits per heavy atom. The Labute approximate surface area is 381 Å². The SMILES string of the molecule is CCC(C)C(NC(=O)CNC(=O)C1CCCN1C(=O)C(CO)NC(=O)CNC(=O)CNC(=O)CNC(=O)C(CCSC)NC(=O)C(N)CO)C(=O)NC(CC(C)C)C(=O)NC(C)C(=O)O. The van der Waals surface area contributed by atoms with Crippen LogP contribution in [0.1, 0.15) is 66.7 Å². The molecule has 14 N–H and O–H groups in total. The third kappa shape index (κ3) is 20.8. The highest BCUT2D eigenvalue weighted by atomic mass is 32.2. The van der Waals surface area contributed by atoms with Gasteiger partial charge in [0.15, 0.2) is 0 Å². The number of aliphatic carboxylic acids is 1. The zero-order valence-corrected chi connectivity index (χ0v) is 38.5. The Morgan fingerprint density at radius 2 is 1.25 bits per heavy atom. The van der Waals surface area contributed by atoms with Crippen molar-refractivity contribution in [1.82, 2.24) is 52.8 Å². The van der Waals surface area contributed by atoms with Gasteiger partial charge < -0.3 is 73.8 Å². The van der Waals surface area contributed by atoms with Gasteiger partial charge in [0.2, 0.25) is 59.1 Å². The molecule has 1 saturated heterocycles. The molecule has 65 heavy (non-hydrogen) atoms. The molecule has 0 radical (unpaired) electrons. The molecule has 1 aliphatic rings. The molecule has 1 fully saturated rings. The highest BCUT2D eigenvalue weighted by Crippen LogP contribution is 2.19. The molecule has 0 aromatic heterocycles. The number of nitrogens with zero attached hydrogens (tertiary/aromatic N) is 1. The van der Waals surface area contributed by atoms with Crippen LogP contribution in [0.25, 0.3) is 0 Å². The van der Waals surface area contributed by atoms with Gasteiger partial charge in [-0.2, -0.15) is 11.8 Å². The Hall–Kier alpha value is -5.60. The number of amides is 10. The first-order valence-electron chi connectivity index (χ1n) is 21.2. The molecule has 0 bridgehead atoms. The van der Waals surface area contributed by atoms with Crippen molar-refractivity contribution in [3.8, 4) is 0 Å². The molecular weight excluding hydrogens is 879 g/mol. The number of carboxylic acids is 1. The zero-order valence-electron chi connectivity index (χ0n) is 37.7. The summed E-state index contributed by atoms with van der Waals surface area (Å²) in [5.41, 5.74) is 5.48. The second-order valence-corrected chi connectivity index (χ2v) is 16.8. The second kappa shape index (κ2) is 29.8. The summed E-state index contributed by atoms with van der Waals surface area (Å²) in [6.07, 6.45) is 3.16. The highest BCUT2D eigenvalue weighted by Gasteiger charge is 2.38. The van der Waals surface area contributed by atoms with Crippen molar-refractivity contribution < 1.29 is 68.1 Å². The normalized spacial score (nSPS) is 16.5. The van der Waals surface area contributed by atoms with Crippen molar-refractivity contribution >= 4 is 76.8 Å². The summed E-state index contributed by atoms with van der Waals surface area (Å²) >= 11 is 1.41. The molecule has 0 aliphatic carbocycles. The van der Waals surface area contributed by atoms with Gasteiger partial charge in [-0.15, -0.1) is 0 Å². The summed E-state index contributed by atoms with van der Waals surface area (Å²) in [4.78, 5) is 140. The van der Waals surface area contributed by atoms with E-state index in [4.69, 9.17) is 10.8 Å². The van der Waals surface area contributed by atoms with Crippen LogP contribution in [0.15, 0.2) is 0 Å². The van der Waals surface area contributed by atoms with E-state index in [0.717, 1.165) is 4.90 Å². The van der Waals surface area contributed by atoms with Crippen LogP contribution in [0.4, 0.5) is 0 Å². The average molecular weight is 946 g/mol. The van der Waals surface area contributed by atoms with E-state index in [9.17, 15) is 63.0 Å². The number of carbonyl (C=O) groups excluding carboxylic acids is 10. The number of thioether (sulfide) groups is 1. The number of nitrogens with one attached hydrogen (secondary N) is 9. The Kier molecular flexibility index (Phi) is 26.3. The van der Waals surface area contributed by atoms with Gasteiger partial charge in [-0.25, -0.2) is 0 Å². The lowest BCUT2D eigenvalue weighted by atomic mass is 9.96. The van der Waals surface area contributed by atoms with Gasteiger partial charge in [0, 0.05) is 6.54 Å². The predicted octanol–water partition coefficient (Wildman–Crippen LogP) is -5.87. The maximum absolute atomic E-state index is 13.4. The smallest absolute Gasteiger partial charge is 0.325 e. The summed E-state index contributed by atoms with van der Waals surface area (Å²) in [6, 6.07) is -8.35. The molecule has 0 spiro atoms. The number of aliphatic hydroxyl groups excluding tert-OH is 2. The third-order valence-electron chi connectivity index (χ3n) is 10.1. The van der Waals surface area contributed by atoms with Gasteiger partial charge in [-0.3, -0.25) is 52.7 Å². The van der Waals surface area contributed by atoms with E-state index in [0.29, 0.717) is 18.6 Å². The van der Waals surface area contributed by atoms with Gasteiger partial charge in [0.25, 0.3) is 0 Å². The number of carbonyl (C=O) groups is 11. The average Bonchev–Trinajstić information content (AvgIpc) is 3.77. The van der Waals surface area contributed by atoms with Crippen LogP contribution >= 0.6 is 11.8 Å². The van der Waals surface area contributed by atoms with Crippen LogP contribution in [-0.2, 0) is 52.7 Å². The molecule has 8 atom stereocenters. The molecule has 0 aromatic rings. The van der Waals surface area contributed by atoms with E-state index in [2.05, 4.69) is 47.9 Å². The van der Waals surface area contributed by atoms with E-state index in [-0.39, 0.29) is 31.7 Å². The van der Waals surface area contributed by atoms with E-state index >= 15 is 0 Å². The number of likely N-dealkylation sites (tertiary alicyclic amines) is 1. The standard InChI is InChI=1S/C39H67N11O14S/c1-7-21(4)32(37(61)48-25(13-20(2)3)35(59)45-22(5)39(63)64)49-31(56)17-44-36(60)27-9-8-11-50(27)38(62)26(19-52)46-30(55)16-42-28(53)14-41-29(54)15-43-34(58)24(10-12-65-6)47-33(57)23(40)18-51/h20-27,32,51-52H,7-19,40H2,1-6H3,(H,41,54)(H,42,53)(H,43,58)(H,44,60)(H,45,59)(H,46,55)(H,47,57)(H,48,61)(H,49,56)(H,63,64). The fourth-order valence-corrected chi connectivity index (χ4v) is 6.60. The molecule has 368 valence electrons. The first-order valence-corrected chi connectivity index (χ1v) is 22.6. The summed E-state index contributed by atoms with van der Waals surface area (Å²) in [7, 11) is 0. The number of hydrogen-bond donors (Lipinski definition) is 13. The van der Waals surface area contributed by atoms with Crippen LogP contribution in [-0.4, -0.2) is 185 Å². The van der Waals surface area contributed by atoms with Gasteiger partial charge in [0.1, 0.15) is 42.3 Å². The fraction of sp³-hybridized carbons (Fsp3) is 0.718. The molecule has 25 nitrogen and oxygen atoms in total. The lowest BCUT2D eigenvalue weighted by Gasteiger charge is -2.28. The summed E-state index contributed by atoms with van der Waals surface area (Å²) in [6.45, 7) is 4.49. The van der Waals surface area contributed by atoms with Crippen LogP contribution in [0.3, 0.4) is 0 Å². The minimum Gasteiger partial charge on any atom is -0.480 e. The number of hydrogen-bond acceptors (Lipinski definition) is 15. The maximum Gasteiger partial charge on any atom is 0.325 e. The summed E-state index contributed by atoms with van der Waals surface area (Å²) in [5, 5.41) is 49.7. The number of aliphatic hydroxyl groups is 2. The van der Waals surface area contributed by atoms with Gasteiger partial charge in [-0.05, 0) is 56.5 Å². The van der Waals surface area contributed by atoms with Crippen LogP contribution in [0, 0.1) is 11.8 Å². The molecule has 0 saturated carbocycles. The van der Waals surface area contributed by atoms with Crippen molar-refractivity contribution in [2.75, 3.05) is 57.9 Å². The Bertz CT molecular complexity index is 1690. The van der Waals surface area contributed by atoms with Crippen molar-refractivity contribution in [3.05, 3.63) is 0 Å². The van der Waals surface area contributed by atoms with Crippen LogP contribution < -0.4 is 53.6 Å². The van der Waals surface area contributed by atoms with E-state index < -0.39 is 153 Å². The second-order valence-electron chi connectivity index (χ2n) is 15.8. The van der Waals surface area contributed by atoms with Crippen LogP contribution in [0.2, 0.25) is 0 Å². The first kappa shape index (κ1) is 57.4. The molecule has 1 rings (SSSR count). The summed E-state index contributed by atoms with van der Waals surface area (Å²) in [5.74, 6) is -8.94. The first-order chi connectivity index (χ1) is 30.6. The number of carboxylic acid groups (broad SMARTS) is 1. The van der Waals surface area contributed by atoms with Crippen molar-refractivity contribution in [2.45, 2.75) is 109 Å². The minimum atomic E-state index is -1.52. The molecule has 1 heterocycles. The predicted molar refractivity (Wildman–Crippen MR) is 234 cm³/mol. The molecule has 0 aromatic carbocycles. The largest absolute Gasteiger partial charge is 0.480 e. The summed E-state index contributed by atoms with van der Waals surface area (Å²) < 4.78 is 0. The van der Waals surface area contributed by atoms with Gasteiger partial charge in [0.05, 0.1) is 39.4 Å². The van der Waals surface area contributed by atoms with E-state index in [1.54, 1.807) is 20.1 Å². The highest BCUT2D eigenvalue weighted by molar-refractivity contribution is 7.98. The number of rotatable bonds is 29. The lowest BCUT2D eigenvalue weighted by molar-refractivity contribution is -0.142. The van der Waals surface area contributed by atoms with Gasteiger partial charge in [-0.1, -0.05) is 34.1 Å². The third-order valence-corrected chi connectivity index (χ3v) is 10.7. The zero-order chi connectivity index (χ0) is 49.4.